The minimum absolute atomic E-state index is 0.0971. The summed E-state index contributed by atoms with van der Waals surface area (Å²) in [4.78, 5) is 39.4. The molecule has 4 aromatic rings. The van der Waals surface area contributed by atoms with Crippen LogP contribution in [0, 0.1) is 17.6 Å². The first-order valence-electron chi connectivity index (χ1n) is 12.3. The smallest absolute Gasteiger partial charge is 0.286 e. The topological polar surface area (TPSA) is 88.5 Å². The van der Waals surface area contributed by atoms with Gasteiger partial charge < -0.3 is 5.32 Å². The second-order valence-electron chi connectivity index (χ2n) is 9.21. The summed E-state index contributed by atoms with van der Waals surface area (Å²) in [6, 6.07) is 21.4. The number of benzene rings is 3. The number of halogens is 1. The Balaban J connectivity index is 1.61. The molecule has 0 spiro atoms. The summed E-state index contributed by atoms with van der Waals surface area (Å²) >= 11 is 0. The number of aryl methyl sites for hydroxylation is 2. The number of nitrogens with zero attached hydrogens (tertiary/aromatic N) is 2. The van der Waals surface area contributed by atoms with E-state index in [2.05, 4.69) is 10.5 Å². The van der Waals surface area contributed by atoms with Gasteiger partial charge >= 0.3 is 0 Å². The minimum atomic E-state index is -0.661. The zero-order valence-electron chi connectivity index (χ0n) is 20.8. The van der Waals surface area contributed by atoms with E-state index in [9.17, 15) is 18.9 Å². The highest BCUT2D eigenvalue weighted by Gasteiger charge is 2.15. The predicted octanol–water partition coefficient (Wildman–Crippen LogP) is 6.85. The molecule has 0 saturated heterocycles. The van der Waals surface area contributed by atoms with Gasteiger partial charge in [0.25, 0.3) is 11.8 Å². The normalized spacial score (nSPS) is 11.8. The van der Waals surface area contributed by atoms with Gasteiger partial charge in [0.1, 0.15) is 5.82 Å². The van der Waals surface area contributed by atoms with Crippen LogP contribution >= 0.6 is 0 Å². The maximum atomic E-state index is 13.5. The number of pyridine rings is 1. The Morgan fingerprint density at radius 1 is 0.973 bits per heavy atom. The van der Waals surface area contributed by atoms with Crippen molar-refractivity contribution in [1.82, 2.24) is 10.3 Å². The van der Waals surface area contributed by atoms with Crippen molar-refractivity contribution in [2.24, 2.45) is 5.18 Å². The van der Waals surface area contributed by atoms with Gasteiger partial charge in [-0.3, -0.25) is 9.59 Å². The zero-order valence-corrected chi connectivity index (χ0v) is 20.8. The Kier molecular flexibility index (Phi) is 8.13. The molecule has 2 amide bonds. The van der Waals surface area contributed by atoms with Gasteiger partial charge in [-0.1, -0.05) is 29.8 Å². The van der Waals surface area contributed by atoms with Crippen LogP contribution in [0.5, 0.6) is 0 Å². The highest BCUT2D eigenvalue weighted by Crippen LogP contribution is 2.28. The number of unbranched alkanes of at least 4 members (excludes halogenated alkanes) is 1. The predicted molar refractivity (Wildman–Crippen MR) is 143 cm³/mol. The van der Waals surface area contributed by atoms with Gasteiger partial charge in [0, 0.05) is 28.1 Å². The van der Waals surface area contributed by atoms with Crippen LogP contribution in [0.4, 0.5) is 4.39 Å². The summed E-state index contributed by atoms with van der Waals surface area (Å²) in [6.07, 6.45) is 1.87. The largest absolute Gasteiger partial charge is 0.346 e. The van der Waals surface area contributed by atoms with E-state index in [0.29, 0.717) is 30.3 Å². The number of carbonyl (C=O) groups is 2. The molecule has 1 heterocycles. The summed E-state index contributed by atoms with van der Waals surface area (Å²) in [5, 5.41) is 6.30. The quantitative estimate of drug-likeness (QED) is 0.202. The Morgan fingerprint density at radius 2 is 1.70 bits per heavy atom. The van der Waals surface area contributed by atoms with E-state index in [0.717, 1.165) is 33.3 Å². The molecular weight excluding hydrogens is 469 g/mol. The fourth-order valence-electron chi connectivity index (χ4n) is 4.27. The monoisotopic (exact) mass is 497 g/mol. The molecule has 0 radical (unpaired) electrons. The van der Waals surface area contributed by atoms with Crippen molar-refractivity contribution in [3.8, 4) is 11.3 Å². The maximum Gasteiger partial charge on any atom is 0.286 e. The molecule has 0 aliphatic carbocycles. The lowest BCUT2D eigenvalue weighted by atomic mass is 9.98. The highest BCUT2D eigenvalue weighted by atomic mass is 19.1. The molecule has 188 valence electrons. The Morgan fingerprint density at radius 3 is 2.41 bits per heavy atom. The van der Waals surface area contributed by atoms with E-state index in [1.165, 1.54) is 12.1 Å². The average molecular weight is 498 g/mol. The number of hydrogen-bond acceptors (Lipinski definition) is 4. The fraction of sp³-hybridized carbons (Fsp3) is 0.233. The van der Waals surface area contributed by atoms with Crippen molar-refractivity contribution < 1.29 is 14.0 Å². The van der Waals surface area contributed by atoms with Crippen molar-refractivity contribution in [2.45, 2.75) is 45.6 Å². The van der Waals surface area contributed by atoms with Gasteiger partial charge in [-0.05, 0) is 92.8 Å². The van der Waals surface area contributed by atoms with E-state index in [-0.39, 0.29) is 24.2 Å². The van der Waals surface area contributed by atoms with E-state index in [1.807, 2.05) is 56.3 Å². The number of hydrogen-bond donors (Lipinski definition) is 1. The molecule has 1 atom stereocenters. The van der Waals surface area contributed by atoms with Crippen molar-refractivity contribution in [3.63, 3.8) is 0 Å². The molecule has 0 fully saturated rings. The third-order valence-corrected chi connectivity index (χ3v) is 6.39. The zero-order chi connectivity index (χ0) is 26.4. The number of fused-ring (bicyclic) bond motifs is 1. The number of carbonyl (C=O) groups excluding carboxylic acids is 2. The lowest BCUT2D eigenvalue weighted by Gasteiger charge is -2.15. The van der Waals surface area contributed by atoms with Crippen molar-refractivity contribution >= 4 is 22.7 Å². The summed E-state index contributed by atoms with van der Waals surface area (Å²) in [5.74, 6) is -1.17. The fourth-order valence-corrected chi connectivity index (χ4v) is 4.27. The van der Waals surface area contributed by atoms with Gasteiger partial charge in [-0.15, -0.1) is 4.91 Å². The van der Waals surface area contributed by atoms with Crippen LogP contribution in [0.15, 0.2) is 78.0 Å². The molecule has 1 aromatic heterocycles. The Bertz CT molecular complexity index is 1430. The molecule has 7 heteroatoms. The maximum absolute atomic E-state index is 13.5. The first kappa shape index (κ1) is 25.8. The molecule has 6 nitrogen and oxygen atoms in total. The summed E-state index contributed by atoms with van der Waals surface area (Å²) < 4.78 is 13.5. The van der Waals surface area contributed by atoms with Gasteiger partial charge in [-0.2, -0.15) is 0 Å². The average Bonchev–Trinajstić information content (AvgIpc) is 2.91. The first-order chi connectivity index (χ1) is 17.8. The standard InChI is InChI=1S/C30H28FN3O3/c1-19-7-9-21(10-8-19)20(2)32-30(36)24-13-16-27-25(18-24)17-23(5-3-4-6-28(35)34-37)29(33-27)22-11-14-26(31)15-12-22/h7-18,20H,3-6H2,1-2H3,(H,32,36)/t20-/m0/s1. The van der Waals surface area contributed by atoms with Gasteiger partial charge in [0.15, 0.2) is 0 Å². The van der Waals surface area contributed by atoms with Crippen molar-refractivity contribution in [2.75, 3.05) is 0 Å². The lowest BCUT2D eigenvalue weighted by molar-refractivity contribution is -0.118. The molecule has 0 bridgehead atoms. The van der Waals surface area contributed by atoms with Gasteiger partial charge in [-0.25, -0.2) is 9.37 Å². The van der Waals surface area contributed by atoms with Crippen LogP contribution in [0.3, 0.4) is 0 Å². The summed E-state index contributed by atoms with van der Waals surface area (Å²) in [6.45, 7) is 3.97. The van der Waals surface area contributed by atoms with Crippen LogP contribution in [0.2, 0.25) is 0 Å². The first-order valence-corrected chi connectivity index (χ1v) is 12.3. The molecule has 0 saturated carbocycles. The van der Waals surface area contributed by atoms with E-state index in [1.54, 1.807) is 18.2 Å². The van der Waals surface area contributed by atoms with Crippen molar-refractivity contribution in [3.05, 3.63) is 106 Å². The van der Waals surface area contributed by atoms with Crippen molar-refractivity contribution in [1.29, 1.82) is 0 Å². The number of nitrogens with one attached hydrogen (secondary N) is 1. The van der Waals surface area contributed by atoms with Crippen LogP contribution in [0.25, 0.3) is 22.2 Å². The third-order valence-electron chi connectivity index (χ3n) is 6.39. The van der Waals surface area contributed by atoms with Crippen LogP contribution in [-0.2, 0) is 11.2 Å². The molecule has 37 heavy (non-hydrogen) atoms. The van der Waals surface area contributed by atoms with E-state index >= 15 is 0 Å². The Hall–Kier alpha value is -4.26. The number of amides is 2. The lowest BCUT2D eigenvalue weighted by Crippen LogP contribution is -2.26. The number of aromatic nitrogens is 1. The van der Waals surface area contributed by atoms with E-state index < -0.39 is 5.91 Å². The molecule has 0 aliphatic rings. The van der Waals surface area contributed by atoms with Gasteiger partial charge in [0.2, 0.25) is 0 Å². The van der Waals surface area contributed by atoms with Crippen LogP contribution in [-0.4, -0.2) is 16.8 Å². The minimum Gasteiger partial charge on any atom is -0.346 e. The van der Waals surface area contributed by atoms with Gasteiger partial charge in [0.05, 0.1) is 17.3 Å². The Labute approximate surface area is 214 Å². The third kappa shape index (κ3) is 6.50. The molecule has 3 aromatic carbocycles. The summed E-state index contributed by atoms with van der Waals surface area (Å²) in [7, 11) is 0. The molecule has 4 rings (SSSR count). The molecule has 0 unspecified atom stereocenters. The molecule has 0 aliphatic heterocycles. The van der Waals surface area contributed by atoms with Crippen LogP contribution in [0.1, 0.15) is 59.3 Å². The second-order valence-corrected chi connectivity index (χ2v) is 9.21. The molecule has 1 N–H and O–H groups in total. The SMILES string of the molecule is Cc1ccc([C@H](C)NC(=O)c2ccc3nc(-c4ccc(F)cc4)c(CCCCC(=O)N=O)cc3c2)cc1. The van der Waals surface area contributed by atoms with Crippen LogP contribution < -0.4 is 5.32 Å². The highest BCUT2D eigenvalue weighted by molar-refractivity contribution is 5.98. The van der Waals surface area contributed by atoms with E-state index in [4.69, 9.17) is 4.98 Å². The number of nitroso groups, excluding NO2 is 1. The second kappa shape index (κ2) is 11.6. The summed E-state index contributed by atoms with van der Waals surface area (Å²) in [5.41, 5.74) is 5.83. The number of rotatable bonds is 9. The molecular formula is C30H28FN3O3.